The van der Waals surface area contributed by atoms with Crippen molar-refractivity contribution in [3.05, 3.63) is 53.1 Å². The zero-order chi connectivity index (χ0) is 31.7. The van der Waals surface area contributed by atoms with E-state index in [1.165, 1.54) is 12.1 Å². The van der Waals surface area contributed by atoms with Gasteiger partial charge in [0.1, 0.15) is 5.69 Å². The molecular weight excluding hydrogens is 590 g/mol. The van der Waals surface area contributed by atoms with Crippen LogP contribution in [0.3, 0.4) is 0 Å². The molecule has 0 aromatic carbocycles. The minimum atomic E-state index is -1.11. The molecule has 242 valence electrons. The van der Waals surface area contributed by atoms with E-state index in [-0.39, 0.29) is 17.3 Å². The molecule has 1 fully saturated rings. The van der Waals surface area contributed by atoms with Crippen LogP contribution in [0.4, 0.5) is 5.69 Å². The van der Waals surface area contributed by atoms with E-state index in [9.17, 15) is 19.8 Å². The SMILES string of the molecule is CC(C)C(=S)Nc1cc(CN2CCOCCOCCN(Cc3cccc(C(=O)O)n3)CCOCCOCC2)nc(C(=O)O)c1. The van der Waals surface area contributed by atoms with Crippen LogP contribution in [-0.2, 0) is 32.0 Å². The lowest BCUT2D eigenvalue weighted by molar-refractivity contribution is 0.00597. The zero-order valence-electron chi connectivity index (χ0n) is 25.4. The first-order valence-electron chi connectivity index (χ1n) is 14.7. The Labute approximate surface area is 263 Å². The average molecular weight is 634 g/mol. The van der Waals surface area contributed by atoms with E-state index in [1.807, 2.05) is 26.0 Å². The summed E-state index contributed by atoms with van der Waals surface area (Å²) in [6, 6.07) is 8.28. The van der Waals surface area contributed by atoms with Gasteiger partial charge in [0.15, 0.2) is 5.69 Å². The van der Waals surface area contributed by atoms with Gasteiger partial charge in [0.05, 0.1) is 69.2 Å². The average Bonchev–Trinajstić information content (AvgIpc) is 2.98. The van der Waals surface area contributed by atoms with E-state index in [0.29, 0.717) is 114 Å². The van der Waals surface area contributed by atoms with E-state index >= 15 is 0 Å². The Morgan fingerprint density at radius 2 is 1.25 bits per heavy atom. The van der Waals surface area contributed by atoms with Gasteiger partial charge >= 0.3 is 11.9 Å². The molecule has 1 aliphatic rings. The van der Waals surface area contributed by atoms with Crippen LogP contribution in [0.5, 0.6) is 0 Å². The largest absolute Gasteiger partial charge is 0.477 e. The van der Waals surface area contributed by atoms with Crippen molar-refractivity contribution >= 4 is 34.8 Å². The third kappa shape index (κ3) is 13.3. The van der Waals surface area contributed by atoms with Crippen LogP contribution in [0.1, 0.15) is 46.2 Å². The minimum Gasteiger partial charge on any atom is -0.477 e. The number of nitrogens with zero attached hydrogens (tertiary/aromatic N) is 4. The molecule has 1 saturated heterocycles. The Bertz CT molecular complexity index is 1200. The van der Waals surface area contributed by atoms with Crippen LogP contribution in [-0.4, -0.2) is 126 Å². The molecule has 3 heterocycles. The summed E-state index contributed by atoms with van der Waals surface area (Å²) in [5.74, 6) is -2.05. The number of aromatic carboxylic acids is 2. The van der Waals surface area contributed by atoms with Crippen LogP contribution < -0.4 is 5.32 Å². The Hall–Kier alpha value is -3.11. The number of thiocarbonyl (C=S) groups is 1. The summed E-state index contributed by atoms with van der Waals surface area (Å²) < 4.78 is 23.2. The fourth-order valence-electron chi connectivity index (χ4n) is 4.24. The van der Waals surface area contributed by atoms with Gasteiger partial charge in [0.2, 0.25) is 0 Å². The molecule has 3 N–H and O–H groups in total. The predicted octanol–water partition coefficient (Wildman–Crippen LogP) is 2.65. The third-order valence-electron chi connectivity index (χ3n) is 6.64. The molecule has 0 spiro atoms. The van der Waals surface area contributed by atoms with Gasteiger partial charge in [-0.2, -0.15) is 0 Å². The Morgan fingerprint density at radius 3 is 1.73 bits per heavy atom. The number of carboxylic acid groups (broad SMARTS) is 2. The summed E-state index contributed by atoms with van der Waals surface area (Å²) in [7, 11) is 0. The Morgan fingerprint density at radius 1 is 0.773 bits per heavy atom. The van der Waals surface area contributed by atoms with Gasteiger partial charge in [0, 0.05) is 50.9 Å². The molecule has 0 aliphatic carbocycles. The molecule has 2 aromatic heterocycles. The van der Waals surface area contributed by atoms with Crippen molar-refractivity contribution in [2.24, 2.45) is 5.92 Å². The van der Waals surface area contributed by atoms with E-state index in [4.69, 9.17) is 31.2 Å². The smallest absolute Gasteiger partial charge is 0.354 e. The maximum Gasteiger partial charge on any atom is 0.354 e. The molecule has 14 heteroatoms. The highest BCUT2D eigenvalue weighted by Gasteiger charge is 2.15. The molecule has 0 saturated carbocycles. The van der Waals surface area contributed by atoms with E-state index in [1.54, 1.807) is 6.07 Å². The van der Waals surface area contributed by atoms with Crippen LogP contribution in [0, 0.1) is 5.92 Å². The number of aromatic nitrogens is 2. The maximum absolute atomic E-state index is 11.7. The van der Waals surface area contributed by atoms with Crippen LogP contribution in [0.25, 0.3) is 0 Å². The number of ether oxygens (including phenoxy) is 4. The second-order valence-electron chi connectivity index (χ2n) is 10.5. The standard InChI is InChI=1S/C30H43N5O8S/c1-22(2)28(44)33-24-18-25(32-27(19-24)30(38)39)21-35-8-12-42-16-14-40-10-6-34(7-11-41-15-17-43-13-9-35)20-23-4-3-5-26(31-23)29(36)37/h3-5,18-19,22H,6-17,20-21H2,1-2H3,(H,36,37)(H,38,39)(H,32,33,44). The highest BCUT2D eigenvalue weighted by atomic mass is 32.1. The van der Waals surface area contributed by atoms with Gasteiger partial charge < -0.3 is 34.5 Å². The van der Waals surface area contributed by atoms with Crippen molar-refractivity contribution in [3.8, 4) is 0 Å². The number of rotatable bonds is 8. The van der Waals surface area contributed by atoms with E-state index < -0.39 is 11.9 Å². The normalized spacial score (nSPS) is 17.4. The molecule has 0 amide bonds. The molecule has 1 aliphatic heterocycles. The molecule has 2 aromatic rings. The van der Waals surface area contributed by atoms with Crippen LogP contribution >= 0.6 is 12.2 Å². The summed E-state index contributed by atoms with van der Waals surface area (Å²) in [6.07, 6.45) is 0. The lowest BCUT2D eigenvalue weighted by Gasteiger charge is -2.24. The fraction of sp³-hybridized carbons (Fsp3) is 0.567. The second-order valence-corrected chi connectivity index (χ2v) is 10.9. The topological polar surface area (TPSA) is 156 Å². The molecule has 44 heavy (non-hydrogen) atoms. The first kappa shape index (κ1) is 35.4. The molecular formula is C30H43N5O8S. The second kappa shape index (κ2) is 19.3. The van der Waals surface area contributed by atoms with Crippen molar-refractivity contribution in [1.29, 1.82) is 0 Å². The number of nitrogens with one attached hydrogen (secondary N) is 1. The van der Waals surface area contributed by atoms with Crippen LogP contribution in [0.2, 0.25) is 0 Å². The summed E-state index contributed by atoms with van der Waals surface area (Å²) in [6.45, 7) is 10.8. The van der Waals surface area contributed by atoms with Crippen molar-refractivity contribution in [1.82, 2.24) is 19.8 Å². The van der Waals surface area contributed by atoms with Gasteiger partial charge in [0.25, 0.3) is 0 Å². The quantitative estimate of drug-likeness (QED) is 0.365. The van der Waals surface area contributed by atoms with Crippen molar-refractivity contribution < 1.29 is 38.7 Å². The fourth-order valence-corrected chi connectivity index (χ4v) is 4.36. The first-order valence-corrected chi connectivity index (χ1v) is 15.1. The lowest BCUT2D eigenvalue weighted by atomic mass is 10.2. The Kier molecular flexibility index (Phi) is 15.5. The molecule has 0 radical (unpaired) electrons. The number of anilines is 1. The third-order valence-corrected chi connectivity index (χ3v) is 7.21. The molecule has 3 rings (SSSR count). The minimum absolute atomic E-state index is 0.0161. The van der Waals surface area contributed by atoms with Crippen molar-refractivity contribution in [2.75, 3.05) is 84.4 Å². The molecule has 0 atom stereocenters. The van der Waals surface area contributed by atoms with Gasteiger partial charge in [-0.1, -0.05) is 32.1 Å². The summed E-state index contributed by atoms with van der Waals surface area (Å²) >= 11 is 5.39. The molecule has 13 nitrogen and oxygen atoms in total. The monoisotopic (exact) mass is 633 g/mol. The first-order chi connectivity index (χ1) is 21.2. The van der Waals surface area contributed by atoms with Gasteiger partial charge in [-0.25, -0.2) is 19.6 Å². The highest BCUT2D eigenvalue weighted by Crippen LogP contribution is 2.16. The summed E-state index contributed by atoms with van der Waals surface area (Å²) in [5, 5.41) is 22.0. The highest BCUT2D eigenvalue weighted by molar-refractivity contribution is 7.80. The summed E-state index contributed by atoms with van der Waals surface area (Å²) in [4.78, 5) is 36.4. The number of hydrogen-bond donors (Lipinski definition) is 3. The predicted molar refractivity (Wildman–Crippen MR) is 167 cm³/mol. The number of pyridine rings is 2. The number of carbonyl (C=O) groups is 2. The van der Waals surface area contributed by atoms with E-state index in [0.717, 1.165) is 0 Å². The van der Waals surface area contributed by atoms with Gasteiger partial charge in [-0.15, -0.1) is 0 Å². The van der Waals surface area contributed by atoms with Crippen molar-refractivity contribution in [3.63, 3.8) is 0 Å². The maximum atomic E-state index is 11.7. The molecule has 0 bridgehead atoms. The number of carboxylic acids is 2. The lowest BCUT2D eigenvalue weighted by Crippen LogP contribution is -2.33. The van der Waals surface area contributed by atoms with Gasteiger partial charge in [-0.3, -0.25) is 9.80 Å². The van der Waals surface area contributed by atoms with Crippen LogP contribution in [0.15, 0.2) is 30.3 Å². The number of hydrogen-bond acceptors (Lipinski definition) is 11. The van der Waals surface area contributed by atoms with Crippen molar-refractivity contribution in [2.45, 2.75) is 26.9 Å². The van der Waals surface area contributed by atoms with E-state index in [2.05, 4.69) is 25.1 Å². The Balaban J connectivity index is 1.55. The summed E-state index contributed by atoms with van der Waals surface area (Å²) in [5.41, 5.74) is 1.82. The zero-order valence-corrected chi connectivity index (χ0v) is 26.2. The molecule has 0 unspecified atom stereocenters. The van der Waals surface area contributed by atoms with Gasteiger partial charge in [-0.05, 0) is 24.3 Å².